The molecule has 5 aliphatic rings. The van der Waals surface area contributed by atoms with Crippen LogP contribution in [0.5, 0.6) is 0 Å². The van der Waals surface area contributed by atoms with Crippen LogP contribution in [0.3, 0.4) is 0 Å². The summed E-state index contributed by atoms with van der Waals surface area (Å²) in [6.45, 7) is 4.58. The summed E-state index contributed by atoms with van der Waals surface area (Å²) in [6.07, 6.45) is 13.4. The van der Waals surface area contributed by atoms with Crippen LogP contribution < -0.4 is 0 Å². The maximum atomic E-state index is 11.6. The van der Waals surface area contributed by atoms with E-state index in [4.69, 9.17) is 0 Å². The molecule has 0 spiro atoms. The second-order valence-electron chi connectivity index (χ2n) is 7.50. The highest BCUT2D eigenvalue weighted by Gasteiger charge is 2.61. The largest absolute Gasteiger partial charge is 0.384 e. The van der Waals surface area contributed by atoms with Crippen LogP contribution in [0, 0.1) is 29.1 Å². The fourth-order valence-electron chi connectivity index (χ4n) is 5.24. The molecule has 0 aromatic carbocycles. The van der Waals surface area contributed by atoms with E-state index in [9.17, 15) is 5.11 Å². The van der Waals surface area contributed by atoms with Crippen molar-refractivity contribution in [2.24, 2.45) is 29.1 Å². The third kappa shape index (κ3) is 1.09. The first-order valence-corrected chi connectivity index (χ1v) is 7.66. The Kier molecular flexibility index (Phi) is 2.07. The fourth-order valence-corrected chi connectivity index (χ4v) is 5.24. The average Bonchev–Trinajstić information content (AvgIpc) is 2.62. The molecule has 18 heavy (non-hydrogen) atoms. The Morgan fingerprint density at radius 2 is 1.78 bits per heavy atom. The number of fused-ring (bicyclic) bond motifs is 3. The summed E-state index contributed by atoms with van der Waals surface area (Å²) < 4.78 is 0. The molecule has 0 aromatic heterocycles. The molecule has 0 saturated heterocycles. The zero-order valence-corrected chi connectivity index (χ0v) is 11.5. The fraction of sp³-hybridized carbons (Fsp3) is 0.765. The topological polar surface area (TPSA) is 20.2 Å². The zero-order valence-electron chi connectivity index (χ0n) is 11.5. The van der Waals surface area contributed by atoms with Crippen LogP contribution in [-0.4, -0.2) is 10.7 Å². The maximum absolute atomic E-state index is 11.6. The van der Waals surface area contributed by atoms with Crippen molar-refractivity contribution in [2.45, 2.75) is 51.6 Å². The molecular weight excluding hydrogens is 220 g/mol. The van der Waals surface area contributed by atoms with Gasteiger partial charge in [-0.15, -0.1) is 0 Å². The number of allylic oxidation sites excluding steroid dienone is 2. The monoisotopic (exact) mass is 244 g/mol. The van der Waals surface area contributed by atoms with E-state index in [0.717, 1.165) is 5.92 Å². The van der Waals surface area contributed by atoms with Crippen LogP contribution in [0.4, 0.5) is 0 Å². The predicted molar refractivity (Wildman–Crippen MR) is 73.0 cm³/mol. The SMILES string of the molecule is CC1(C)[C@H]2C=C[C@H](CC2)[C@@]1(O)C1=CC[C@@H]2CC[C@H]12. The molecule has 0 heterocycles. The lowest BCUT2D eigenvalue weighted by Gasteiger charge is -2.59. The highest BCUT2D eigenvalue weighted by atomic mass is 16.3. The second kappa shape index (κ2) is 3.30. The molecule has 1 nitrogen and oxygen atoms in total. The molecule has 98 valence electrons. The van der Waals surface area contributed by atoms with Crippen molar-refractivity contribution >= 4 is 0 Å². The number of aliphatic hydroxyl groups is 1. The van der Waals surface area contributed by atoms with E-state index in [1.807, 2.05) is 0 Å². The van der Waals surface area contributed by atoms with Crippen molar-refractivity contribution in [3.05, 3.63) is 23.8 Å². The standard InChI is InChI=1S/C17H24O/c1-16(2)12-5-7-13(8-6-12)17(16,18)15-10-4-11-3-9-14(11)15/h5,7,10-14,18H,3-4,6,8-9H2,1-2H3/t11-,12-,13+,14-,17+/m0/s1. The highest BCUT2D eigenvalue weighted by molar-refractivity contribution is 5.37. The molecule has 5 aliphatic carbocycles. The number of rotatable bonds is 1. The van der Waals surface area contributed by atoms with E-state index >= 15 is 0 Å². The Morgan fingerprint density at radius 3 is 2.28 bits per heavy atom. The van der Waals surface area contributed by atoms with E-state index in [2.05, 4.69) is 32.1 Å². The third-order valence-corrected chi connectivity index (χ3v) is 6.71. The number of hydrogen-bond donors (Lipinski definition) is 1. The summed E-state index contributed by atoms with van der Waals surface area (Å²) in [5.74, 6) is 2.50. The molecule has 2 fully saturated rings. The molecule has 5 atom stereocenters. The van der Waals surface area contributed by atoms with Gasteiger partial charge in [0.25, 0.3) is 0 Å². The lowest BCUT2D eigenvalue weighted by Crippen LogP contribution is -2.60. The first-order chi connectivity index (χ1) is 8.55. The van der Waals surface area contributed by atoms with E-state index in [-0.39, 0.29) is 5.41 Å². The Hall–Kier alpha value is -0.560. The van der Waals surface area contributed by atoms with Crippen LogP contribution in [0.25, 0.3) is 0 Å². The molecule has 0 unspecified atom stereocenters. The van der Waals surface area contributed by atoms with Crippen molar-refractivity contribution in [3.8, 4) is 0 Å². The summed E-state index contributed by atoms with van der Waals surface area (Å²) in [7, 11) is 0. The minimum atomic E-state index is -0.551. The summed E-state index contributed by atoms with van der Waals surface area (Å²) in [6, 6.07) is 0. The molecule has 0 aromatic rings. The van der Waals surface area contributed by atoms with Crippen LogP contribution in [0.1, 0.15) is 46.0 Å². The van der Waals surface area contributed by atoms with Crippen molar-refractivity contribution in [3.63, 3.8) is 0 Å². The van der Waals surface area contributed by atoms with Gasteiger partial charge in [-0.05, 0) is 55.4 Å². The smallest absolute Gasteiger partial charge is 0.0977 e. The highest BCUT2D eigenvalue weighted by Crippen LogP contribution is 2.63. The molecule has 1 N–H and O–H groups in total. The van der Waals surface area contributed by atoms with E-state index in [1.165, 1.54) is 37.7 Å². The van der Waals surface area contributed by atoms with Gasteiger partial charge < -0.3 is 5.11 Å². The van der Waals surface area contributed by atoms with Gasteiger partial charge in [0.2, 0.25) is 0 Å². The molecule has 2 bridgehead atoms. The molecule has 2 saturated carbocycles. The van der Waals surface area contributed by atoms with Gasteiger partial charge in [0.05, 0.1) is 5.60 Å². The van der Waals surface area contributed by atoms with Gasteiger partial charge in [-0.3, -0.25) is 0 Å². The quantitative estimate of drug-likeness (QED) is 0.697. The molecule has 5 rings (SSSR count). The second-order valence-corrected chi connectivity index (χ2v) is 7.50. The first-order valence-electron chi connectivity index (χ1n) is 7.66. The van der Waals surface area contributed by atoms with Gasteiger partial charge >= 0.3 is 0 Å². The lowest BCUT2D eigenvalue weighted by molar-refractivity contribution is -0.131. The van der Waals surface area contributed by atoms with Gasteiger partial charge in [-0.25, -0.2) is 0 Å². The molecule has 0 radical (unpaired) electrons. The summed E-state index contributed by atoms with van der Waals surface area (Å²) in [4.78, 5) is 0. The van der Waals surface area contributed by atoms with Crippen LogP contribution in [0.2, 0.25) is 0 Å². The lowest BCUT2D eigenvalue weighted by atomic mass is 9.48. The summed E-state index contributed by atoms with van der Waals surface area (Å²) >= 11 is 0. The van der Waals surface area contributed by atoms with Gasteiger partial charge in [-0.2, -0.15) is 0 Å². The van der Waals surface area contributed by atoms with Crippen molar-refractivity contribution in [1.82, 2.24) is 0 Å². The maximum Gasteiger partial charge on any atom is 0.0977 e. The Balaban J connectivity index is 1.80. The van der Waals surface area contributed by atoms with Crippen LogP contribution >= 0.6 is 0 Å². The minimum absolute atomic E-state index is 0.0149. The predicted octanol–water partition coefficient (Wildman–Crippen LogP) is 3.70. The third-order valence-electron chi connectivity index (χ3n) is 6.71. The first kappa shape index (κ1) is 11.3. The Morgan fingerprint density at radius 1 is 1.06 bits per heavy atom. The molecule has 0 amide bonds. The van der Waals surface area contributed by atoms with E-state index in [0.29, 0.717) is 17.8 Å². The van der Waals surface area contributed by atoms with Crippen molar-refractivity contribution in [2.75, 3.05) is 0 Å². The van der Waals surface area contributed by atoms with Gasteiger partial charge in [0.1, 0.15) is 0 Å². The van der Waals surface area contributed by atoms with Gasteiger partial charge in [0, 0.05) is 11.3 Å². The van der Waals surface area contributed by atoms with Crippen LogP contribution in [-0.2, 0) is 0 Å². The summed E-state index contributed by atoms with van der Waals surface area (Å²) in [5.41, 5.74) is 0.883. The van der Waals surface area contributed by atoms with Crippen LogP contribution in [0.15, 0.2) is 23.8 Å². The average molecular weight is 244 g/mol. The molecule has 1 heteroatoms. The van der Waals surface area contributed by atoms with E-state index < -0.39 is 5.60 Å². The Bertz CT molecular complexity index is 445. The van der Waals surface area contributed by atoms with Crippen molar-refractivity contribution in [1.29, 1.82) is 0 Å². The minimum Gasteiger partial charge on any atom is -0.384 e. The van der Waals surface area contributed by atoms with Gasteiger partial charge in [0.15, 0.2) is 0 Å². The Labute approximate surface area is 110 Å². The number of hydrogen-bond acceptors (Lipinski definition) is 1. The van der Waals surface area contributed by atoms with Crippen molar-refractivity contribution < 1.29 is 5.11 Å². The molecule has 0 aliphatic heterocycles. The normalized spacial score (nSPS) is 51.8. The van der Waals surface area contributed by atoms with Gasteiger partial charge in [-0.1, -0.05) is 32.1 Å². The summed E-state index contributed by atoms with van der Waals surface area (Å²) in [5, 5.41) is 11.6. The molecular formula is C17H24O. The van der Waals surface area contributed by atoms with E-state index in [1.54, 1.807) is 0 Å². The zero-order chi connectivity index (χ0) is 12.5.